The number of nitrogens with zero attached hydrogens (tertiary/aromatic N) is 1. The van der Waals surface area contributed by atoms with E-state index in [2.05, 4.69) is 37.9 Å². The molecule has 0 saturated heterocycles. The normalized spacial score (nSPS) is 19.6. The van der Waals surface area contributed by atoms with Crippen LogP contribution in [-0.2, 0) is 0 Å². The van der Waals surface area contributed by atoms with E-state index in [1.165, 1.54) is 51.7 Å². The molecule has 2 atom stereocenters. The minimum Gasteiger partial charge on any atom is -0.311 e. The highest BCUT2D eigenvalue weighted by Crippen LogP contribution is 2.34. The van der Waals surface area contributed by atoms with E-state index < -0.39 is 0 Å². The molecule has 0 aromatic rings. The molecule has 0 aromatic carbocycles. The number of hydrogen-bond donors (Lipinski definition) is 1. The Kier molecular flexibility index (Phi) is 7.14. The lowest BCUT2D eigenvalue weighted by atomic mass is 10.1. The maximum absolute atomic E-state index is 3.82. The van der Waals surface area contributed by atoms with Gasteiger partial charge in [0.15, 0.2) is 0 Å². The summed E-state index contributed by atoms with van der Waals surface area (Å²) in [6.45, 7) is 12.8. The first kappa shape index (κ1) is 15.0. The first-order valence-corrected chi connectivity index (χ1v) is 7.69. The van der Waals surface area contributed by atoms with E-state index in [0.717, 1.165) is 12.0 Å². The molecule has 0 spiro atoms. The topological polar surface area (TPSA) is 15.3 Å². The molecule has 0 amide bonds. The summed E-state index contributed by atoms with van der Waals surface area (Å²) in [7, 11) is 0. The summed E-state index contributed by atoms with van der Waals surface area (Å²) in [6, 6.07) is 1.48. The van der Waals surface area contributed by atoms with Crippen molar-refractivity contribution in [2.24, 2.45) is 5.92 Å². The smallest absolute Gasteiger partial charge is 0.00951 e. The largest absolute Gasteiger partial charge is 0.311 e. The lowest BCUT2D eigenvalue weighted by molar-refractivity contribution is 0.285. The van der Waals surface area contributed by atoms with Crippen LogP contribution in [0.4, 0.5) is 0 Å². The van der Waals surface area contributed by atoms with Crippen LogP contribution in [0.5, 0.6) is 0 Å². The molecule has 0 aromatic heterocycles. The Balaban J connectivity index is 2.09. The molecule has 17 heavy (non-hydrogen) atoms. The van der Waals surface area contributed by atoms with E-state index in [0.29, 0.717) is 6.04 Å². The fourth-order valence-corrected chi connectivity index (χ4v) is 2.70. The Labute approximate surface area is 108 Å². The average molecular weight is 240 g/mol. The molecule has 0 bridgehead atoms. The fraction of sp³-hybridized carbons (Fsp3) is 1.00. The summed E-state index contributed by atoms with van der Waals surface area (Å²) >= 11 is 0. The molecule has 0 heterocycles. The number of rotatable bonds is 10. The van der Waals surface area contributed by atoms with Crippen molar-refractivity contribution in [3.8, 4) is 0 Å². The predicted molar refractivity (Wildman–Crippen MR) is 76.4 cm³/mol. The molecule has 102 valence electrons. The van der Waals surface area contributed by atoms with Crippen molar-refractivity contribution < 1.29 is 0 Å². The van der Waals surface area contributed by atoms with Gasteiger partial charge < -0.3 is 10.2 Å². The van der Waals surface area contributed by atoms with E-state index >= 15 is 0 Å². The van der Waals surface area contributed by atoms with Crippen LogP contribution in [0.2, 0.25) is 0 Å². The van der Waals surface area contributed by atoms with E-state index in [1.807, 2.05) is 0 Å². The number of hydrogen-bond acceptors (Lipinski definition) is 2. The molecule has 1 fully saturated rings. The maximum atomic E-state index is 3.82. The van der Waals surface area contributed by atoms with Crippen molar-refractivity contribution in [3.05, 3.63) is 0 Å². The van der Waals surface area contributed by atoms with Gasteiger partial charge in [-0.1, -0.05) is 20.8 Å². The van der Waals surface area contributed by atoms with Gasteiger partial charge in [0, 0.05) is 12.1 Å². The highest BCUT2D eigenvalue weighted by atomic mass is 15.1. The highest BCUT2D eigenvalue weighted by Gasteiger charge is 2.30. The second-order valence-electron chi connectivity index (χ2n) is 5.59. The van der Waals surface area contributed by atoms with Gasteiger partial charge in [-0.15, -0.1) is 0 Å². The molecular weight excluding hydrogens is 208 g/mol. The predicted octanol–water partition coefficient (Wildman–Crippen LogP) is 3.28. The minimum absolute atomic E-state index is 0.691. The van der Waals surface area contributed by atoms with E-state index in [-0.39, 0.29) is 0 Å². The van der Waals surface area contributed by atoms with Crippen molar-refractivity contribution in [2.75, 3.05) is 19.6 Å². The van der Waals surface area contributed by atoms with Gasteiger partial charge in [0.2, 0.25) is 0 Å². The van der Waals surface area contributed by atoms with Crippen LogP contribution in [0, 0.1) is 5.92 Å². The third-order valence-corrected chi connectivity index (χ3v) is 4.14. The van der Waals surface area contributed by atoms with Crippen LogP contribution in [-0.4, -0.2) is 36.6 Å². The highest BCUT2D eigenvalue weighted by molar-refractivity contribution is 4.86. The van der Waals surface area contributed by atoms with Gasteiger partial charge in [-0.2, -0.15) is 0 Å². The van der Waals surface area contributed by atoms with Crippen LogP contribution >= 0.6 is 0 Å². The van der Waals surface area contributed by atoms with Crippen LogP contribution < -0.4 is 5.32 Å². The van der Waals surface area contributed by atoms with Gasteiger partial charge >= 0.3 is 0 Å². The van der Waals surface area contributed by atoms with Crippen molar-refractivity contribution in [2.45, 2.75) is 71.9 Å². The van der Waals surface area contributed by atoms with Crippen LogP contribution in [0.1, 0.15) is 59.8 Å². The summed E-state index contributed by atoms with van der Waals surface area (Å²) in [5, 5.41) is 3.82. The fourth-order valence-electron chi connectivity index (χ4n) is 2.70. The molecule has 1 aliphatic carbocycles. The third-order valence-electron chi connectivity index (χ3n) is 4.14. The van der Waals surface area contributed by atoms with Gasteiger partial charge in [0.05, 0.1) is 0 Å². The molecule has 2 nitrogen and oxygen atoms in total. The molecule has 2 unspecified atom stereocenters. The second-order valence-corrected chi connectivity index (χ2v) is 5.59. The molecule has 2 heteroatoms. The first-order valence-electron chi connectivity index (χ1n) is 7.69. The summed E-state index contributed by atoms with van der Waals surface area (Å²) in [6.07, 6.45) is 6.86. The van der Waals surface area contributed by atoms with Crippen LogP contribution in [0.15, 0.2) is 0 Å². The van der Waals surface area contributed by atoms with Crippen LogP contribution in [0.3, 0.4) is 0 Å². The molecule has 1 rings (SSSR count). The second kappa shape index (κ2) is 8.10. The Hall–Kier alpha value is -0.0800. The standard InChI is InChI=1S/C15H32N2/c1-5-15(14-10-11-14)16-13(4)9-8-12-17(6-2)7-3/h13-16H,5-12H2,1-4H3. The molecule has 0 aliphatic heterocycles. The van der Waals surface area contributed by atoms with Gasteiger partial charge in [-0.05, 0) is 64.6 Å². The Morgan fingerprint density at radius 3 is 2.29 bits per heavy atom. The Bertz CT molecular complexity index is 185. The van der Waals surface area contributed by atoms with Gasteiger partial charge in [-0.25, -0.2) is 0 Å². The average Bonchev–Trinajstić information content (AvgIpc) is 3.16. The van der Waals surface area contributed by atoms with Crippen molar-refractivity contribution in [1.82, 2.24) is 10.2 Å². The molecule has 1 saturated carbocycles. The molecule has 0 radical (unpaired) electrons. The zero-order valence-electron chi connectivity index (χ0n) is 12.3. The molecular formula is C15H32N2. The number of nitrogens with one attached hydrogen (secondary N) is 1. The van der Waals surface area contributed by atoms with Crippen LogP contribution in [0.25, 0.3) is 0 Å². The quantitative estimate of drug-likeness (QED) is 0.630. The van der Waals surface area contributed by atoms with Crippen molar-refractivity contribution >= 4 is 0 Å². The molecule has 1 N–H and O–H groups in total. The zero-order valence-corrected chi connectivity index (χ0v) is 12.3. The monoisotopic (exact) mass is 240 g/mol. The van der Waals surface area contributed by atoms with E-state index in [9.17, 15) is 0 Å². The minimum atomic E-state index is 0.691. The Morgan fingerprint density at radius 1 is 1.18 bits per heavy atom. The summed E-state index contributed by atoms with van der Waals surface area (Å²) in [5.74, 6) is 0.991. The van der Waals surface area contributed by atoms with Crippen molar-refractivity contribution in [1.29, 1.82) is 0 Å². The van der Waals surface area contributed by atoms with Gasteiger partial charge in [0.1, 0.15) is 0 Å². The third kappa shape index (κ3) is 5.87. The first-order chi connectivity index (χ1) is 8.21. The summed E-state index contributed by atoms with van der Waals surface area (Å²) < 4.78 is 0. The lowest BCUT2D eigenvalue weighted by Gasteiger charge is -2.23. The van der Waals surface area contributed by atoms with Crippen molar-refractivity contribution in [3.63, 3.8) is 0 Å². The SMILES string of the molecule is CCC(NC(C)CCCN(CC)CC)C1CC1. The van der Waals surface area contributed by atoms with Gasteiger partial charge in [-0.3, -0.25) is 0 Å². The van der Waals surface area contributed by atoms with E-state index in [1.54, 1.807) is 0 Å². The van der Waals surface area contributed by atoms with Gasteiger partial charge in [0.25, 0.3) is 0 Å². The summed E-state index contributed by atoms with van der Waals surface area (Å²) in [4.78, 5) is 2.52. The van der Waals surface area contributed by atoms with E-state index in [4.69, 9.17) is 0 Å². The Morgan fingerprint density at radius 2 is 1.82 bits per heavy atom. The maximum Gasteiger partial charge on any atom is 0.00951 e. The lowest BCUT2D eigenvalue weighted by Crippen LogP contribution is -2.38. The zero-order chi connectivity index (χ0) is 12.7. The summed E-state index contributed by atoms with van der Waals surface area (Å²) in [5.41, 5.74) is 0. The molecule has 1 aliphatic rings.